The first kappa shape index (κ1) is 113. The van der Waals surface area contributed by atoms with E-state index in [9.17, 15) is 55.4 Å². The second kappa shape index (κ2) is 50.1. The average molecular weight is 2070 g/mol. The van der Waals surface area contributed by atoms with Gasteiger partial charge in [0, 0.05) is 38.8 Å². The van der Waals surface area contributed by atoms with Crippen molar-refractivity contribution in [2.24, 2.45) is 5.11 Å². The largest absolute Gasteiger partial charge is 1.00 e. The Morgan fingerprint density at radius 3 is 0.890 bits per heavy atom. The van der Waals surface area contributed by atoms with E-state index in [1.165, 1.54) is 194 Å². The maximum atomic E-state index is 15.9. The number of benzene rings is 8. The van der Waals surface area contributed by atoms with Crippen LogP contribution in [0, 0.1) is 41.5 Å². The van der Waals surface area contributed by atoms with E-state index in [2.05, 4.69) is 10.0 Å². The number of rotatable bonds is 38. The minimum atomic E-state index is -5.88. The van der Waals surface area contributed by atoms with Gasteiger partial charge in [0.15, 0.2) is 74.0 Å². The molecule has 760 valence electrons. The van der Waals surface area contributed by atoms with Gasteiger partial charge < -0.3 is 89.6 Å². The molecule has 43 nitrogen and oxygen atoms in total. The Bertz CT molecular complexity index is 6360. The number of aryl methyl sites for hydroxylation is 6. The van der Waals surface area contributed by atoms with Crippen LogP contribution in [0.4, 0.5) is 0 Å². The summed E-state index contributed by atoms with van der Waals surface area (Å²) in [5.74, 6) is -16.1. The third-order valence-corrected chi connectivity index (χ3v) is 24.8. The van der Waals surface area contributed by atoms with Crippen LogP contribution in [0.25, 0.3) is 10.4 Å². The molecule has 0 N–H and O–H groups in total. The molecule has 146 heavy (non-hydrogen) atoms. The van der Waals surface area contributed by atoms with Gasteiger partial charge in [-0.15, -0.1) is 0 Å². The topological polar surface area (TPSA) is 567 Å². The number of imide groups is 2. The fraction of sp³-hybridized carbons (Fsp3) is 0.384. The van der Waals surface area contributed by atoms with E-state index in [-0.39, 0.29) is 141 Å². The smallest absolute Gasteiger partial charge is 0.726 e. The van der Waals surface area contributed by atoms with Crippen molar-refractivity contribution >= 4 is 98.2 Å². The number of nitrogens with zero attached hydrogens (tertiary/aromatic N) is 5. The summed E-state index contributed by atoms with van der Waals surface area (Å²) in [6.07, 6.45) is -42.6. The predicted molar refractivity (Wildman–Crippen MR) is 487 cm³/mol. The van der Waals surface area contributed by atoms with Crippen LogP contribution in [-0.4, -0.2) is 275 Å². The Balaban J connectivity index is 0.00000948. The molecule has 4 fully saturated rings. The number of amides is 4. The Morgan fingerprint density at radius 2 is 0.603 bits per heavy atom. The standard InChI is InChI=1S/C99H99N5O38S2.2Na/c1-51-21-33-60(34-22-51)90(112)135-78-72(49-127-143(118,119)120)133-98(84(139-94(116)64-41-29-55(5)30-42-64)82(78)137-92(114)62-37-25-53(3)26-38-62)141-80-74(103-86(108)66-17-11-12-18-67(66)87(103)109)96(124-46-16-10-15-45-101-102-100)131-71(77(80)130-59(9)107)48-126-97-75(104-88(110)68-19-13-14-20-69(68)89(104)111)81(76(129-58(8)106)70(132-97)47-125-57(7)105)142-99-85(140-95(117)65-43-31-56(6)32-44-65)83(138-93(115)63-39-27-54(4)28-40-63)79(73(134-99)50-128-144(121,122)123)136-91(113)61-35-23-52(2)24-36-61;;/h11-14,17-44,70-85,96-99H,10,15-16,45-50H2,1-9H3,(H,118,119,120)(H,121,122,123);;/q;2*+1/p-2/t70-,71-,72-,73-,74-,75-,76+,77+,78-,79-,80-,81-,82+,83+,84-,85-,96-,97-,98+,99+;;/m1../s1. The Labute approximate surface area is 880 Å². The number of azide groups is 1. The van der Waals surface area contributed by atoms with E-state index >= 15 is 38.4 Å². The van der Waals surface area contributed by atoms with Gasteiger partial charge >= 0.3 is 113 Å². The van der Waals surface area contributed by atoms with Gasteiger partial charge in [-0.3, -0.25) is 51.7 Å². The molecule has 0 spiro atoms. The Kier molecular flexibility index (Phi) is 38.7. The second-order valence-electron chi connectivity index (χ2n) is 34.4. The minimum absolute atomic E-state index is 0. The van der Waals surface area contributed by atoms with Crippen molar-refractivity contribution in [3.8, 4) is 0 Å². The number of fused-ring (bicyclic) bond motifs is 2. The summed E-state index contributed by atoms with van der Waals surface area (Å²) in [4.78, 5) is 200. The zero-order chi connectivity index (χ0) is 103. The van der Waals surface area contributed by atoms with Gasteiger partial charge in [0.2, 0.25) is 20.8 Å². The first-order valence-corrected chi connectivity index (χ1v) is 47.8. The molecular weight excluding hydrogens is 1980 g/mol. The zero-order valence-corrected chi connectivity index (χ0v) is 86.1. The van der Waals surface area contributed by atoms with E-state index in [4.69, 9.17) is 88.9 Å². The number of esters is 9. The van der Waals surface area contributed by atoms with Crippen molar-refractivity contribution in [2.75, 3.05) is 39.6 Å². The molecule has 8 aromatic rings. The fourth-order valence-electron chi connectivity index (χ4n) is 16.8. The average Bonchev–Trinajstić information content (AvgIpc) is 1.50. The van der Waals surface area contributed by atoms with Crippen molar-refractivity contribution in [3.05, 3.63) is 294 Å². The summed E-state index contributed by atoms with van der Waals surface area (Å²) in [6.45, 7) is 6.81. The van der Waals surface area contributed by atoms with Crippen LogP contribution in [-0.2, 0) is 124 Å². The molecule has 20 atom stereocenters. The van der Waals surface area contributed by atoms with Gasteiger partial charge in [0.05, 0.1) is 75.5 Å². The third kappa shape index (κ3) is 27.9. The van der Waals surface area contributed by atoms with Gasteiger partial charge in [-0.1, -0.05) is 142 Å². The van der Waals surface area contributed by atoms with E-state index in [1.54, 1.807) is 41.5 Å². The van der Waals surface area contributed by atoms with Gasteiger partial charge in [-0.2, -0.15) is 0 Å². The zero-order valence-electron chi connectivity index (χ0n) is 80.5. The molecule has 6 aliphatic heterocycles. The SMILES string of the molecule is CC(=O)OC[C@H]1O[C@@H](OC[C@H]2O[C@@H](OCCCCCN=[N+]=[N-])[C@H](N3C(=O)c4ccccc4C3=O)[C@@H](O[C@@H]3O[C@H](COS(=O)(=O)[O-])[C@@H](OC(=O)c4ccc(C)cc4)[C@H](OC(=O)c4ccc(C)cc4)[C@H]3OC(=O)c3ccc(C)cc3)[C@H]2OC(C)=O)[C@H](N2C(=O)c3ccccc3C2=O)[C@@H](O[C@@H]2O[C@H](COS(=O)(=O)[O-])[C@@H](OC(=O)c3ccc(C)cc3)[C@H](OC(=O)c3ccc(C)cc3)[C@H]2OC(=O)c2ccc(C)cc2)[C@H]1OC(C)=O.[Na+].[Na+]. The molecular formula is C99H97N5Na2O38S2. The van der Waals surface area contributed by atoms with Crippen molar-refractivity contribution < 1.29 is 236 Å². The molecule has 6 heterocycles. The first-order chi connectivity index (χ1) is 68.7. The maximum Gasteiger partial charge on any atom is 1.00 e. The molecule has 4 saturated heterocycles. The number of hydrogen-bond acceptors (Lipinski definition) is 39. The molecule has 0 saturated carbocycles. The summed E-state index contributed by atoms with van der Waals surface area (Å²) < 4.78 is 198. The van der Waals surface area contributed by atoms with Crippen LogP contribution in [0.15, 0.2) is 199 Å². The van der Waals surface area contributed by atoms with Crippen molar-refractivity contribution in [1.29, 1.82) is 0 Å². The number of carbonyl (C=O) groups is 13. The van der Waals surface area contributed by atoms with Crippen LogP contribution in [0.3, 0.4) is 0 Å². The van der Waals surface area contributed by atoms with Crippen LogP contribution in [0.2, 0.25) is 0 Å². The molecule has 0 unspecified atom stereocenters. The second-order valence-corrected chi connectivity index (χ2v) is 36.5. The normalized spacial score (nSPS) is 24.7. The molecule has 0 bridgehead atoms. The van der Waals surface area contributed by atoms with E-state index in [1.807, 2.05) is 0 Å². The number of ether oxygens (including phenoxy) is 17. The van der Waals surface area contributed by atoms with Crippen LogP contribution < -0.4 is 59.1 Å². The van der Waals surface area contributed by atoms with Gasteiger partial charge in [-0.25, -0.2) is 45.6 Å². The number of unbranched alkanes of at least 4 members (excludes halogenated alkanes) is 2. The van der Waals surface area contributed by atoms with E-state index in [0.717, 1.165) is 20.8 Å². The monoisotopic (exact) mass is 2070 g/mol. The third-order valence-electron chi connectivity index (χ3n) is 23.9. The maximum absolute atomic E-state index is 15.9. The summed E-state index contributed by atoms with van der Waals surface area (Å²) in [6, 6.07) is 39.4. The molecule has 6 aliphatic rings. The minimum Gasteiger partial charge on any atom is -0.726 e. The summed E-state index contributed by atoms with van der Waals surface area (Å²) in [7, 11) is -11.8. The van der Waals surface area contributed by atoms with Crippen LogP contribution in [0.1, 0.15) is 177 Å². The molecule has 4 amide bonds. The van der Waals surface area contributed by atoms with Gasteiger partial charge in [-0.05, 0) is 157 Å². The van der Waals surface area contributed by atoms with Crippen LogP contribution >= 0.6 is 0 Å². The fourth-order valence-corrected chi connectivity index (χ4v) is 17.4. The molecule has 0 radical (unpaired) electrons. The predicted octanol–water partition coefficient (Wildman–Crippen LogP) is 3.09. The Morgan fingerprint density at radius 1 is 0.336 bits per heavy atom. The molecule has 47 heteroatoms. The first-order valence-electron chi connectivity index (χ1n) is 45.1. The molecule has 0 aliphatic carbocycles. The Hall–Kier alpha value is -12.0. The van der Waals surface area contributed by atoms with Crippen LogP contribution in [0.5, 0.6) is 0 Å². The summed E-state index contributed by atoms with van der Waals surface area (Å²) in [5, 5.41) is 3.61. The summed E-state index contributed by atoms with van der Waals surface area (Å²) in [5.41, 5.74) is 10.3. The van der Waals surface area contributed by atoms with Crippen molar-refractivity contribution in [1.82, 2.24) is 9.80 Å². The number of hydrogen-bond donors (Lipinski definition) is 0. The van der Waals surface area contributed by atoms with Crippen molar-refractivity contribution in [2.45, 2.75) is 204 Å². The van der Waals surface area contributed by atoms with E-state index < -0.39 is 254 Å². The number of carbonyl (C=O) groups excluding carboxylic acids is 13. The van der Waals surface area contributed by atoms with Crippen molar-refractivity contribution in [3.63, 3.8) is 0 Å². The van der Waals surface area contributed by atoms with Gasteiger partial charge in [0.1, 0.15) is 55.3 Å². The van der Waals surface area contributed by atoms with Gasteiger partial charge in [0.25, 0.3) is 23.6 Å². The summed E-state index contributed by atoms with van der Waals surface area (Å²) >= 11 is 0. The molecule has 14 rings (SSSR count). The van der Waals surface area contributed by atoms with E-state index in [0.29, 0.717) is 43.2 Å². The molecule has 0 aromatic heterocycles. The quantitative estimate of drug-likeness (QED) is 0.00512. The molecule has 8 aromatic carbocycles.